The topological polar surface area (TPSA) is 113 Å². The molecule has 0 aliphatic carbocycles. The highest BCUT2D eigenvalue weighted by atomic mass is 35.5. The lowest BCUT2D eigenvalue weighted by Gasteiger charge is -2.34. The van der Waals surface area contributed by atoms with Gasteiger partial charge in [0.05, 0.1) is 22.2 Å². The molecule has 5 N–H and O–H groups in total. The second-order valence-electron chi connectivity index (χ2n) is 11.7. The molecule has 1 fully saturated rings. The first kappa shape index (κ1) is 29.0. The molecule has 3 aromatic carbocycles. The summed E-state index contributed by atoms with van der Waals surface area (Å²) in [6.07, 6.45) is 0.488. The first-order valence-corrected chi connectivity index (χ1v) is 13.7. The molecule has 2 aliphatic rings. The third kappa shape index (κ3) is 5.18. The van der Waals surface area contributed by atoms with Gasteiger partial charge in [0, 0.05) is 33.4 Å². The Hall–Kier alpha value is -3.53. The maximum atomic E-state index is 15.4. The van der Waals surface area contributed by atoms with Crippen molar-refractivity contribution in [2.45, 2.75) is 51.1 Å². The van der Waals surface area contributed by atoms with Crippen LogP contribution in [-0.4, -0.2) is 29.8 Å². The van der Waals surface area contributed by atoms with Gasteiger partial charge in [-0.15, -0.1) is 0 Å². The van der Waals surface area contributed by atoms with Crippen LogP contribution in [0.3, 0.4) is 0 Å². The Balaban J connectivity index is 1.60. The Morgan fingerprint density at radius 1 is 1.10 bits per heavy atom. The first-order valence-electron chi connectivity index (χ1n) is 13.0. The van der Waals surface area contributed by atoms with Crippen molar-refractivity contribution in [1.82, 2.24) is 5.32 Å². The number of carbonyl (C=O) groups excluding carboxylic acids is 3. The lowest BCUT2D eigenvalue weighted by atomic mass is 9.68. The molecule has 5 rings (SSSR count). The molecule has 0 bridgehead atoms. The van der Waals surface area contributed by atoms with Crippen LogP contribution in [0.2, 0.25) is 10.0 Å². The van der Waals surface area contributed by atoms with Gasteiger partial charge in [-0.05, 0) is 60.2 Å². The zero-order valence-electron chi connectivity index (χ0n) is 22.5. The maximum absolute atomic E-state index is 15.4. The Bertz CT molecular complexity index is 1610. The second kappa shape index (κ2) is 10.4. The van der Waals surface area contributed by atoms with E-state index < -0.39 is 40.9 Å². The van der Waals surface area contributed by atoms with Crippen molar-refractivity contribution >= 4 is 52.3 Å². The Kier molecular flexibility index (Phi) is 7.34. The molecule has 41 heavy (non-hydrogen) atoms. The fourth-order valence-electron chi connectivity index (χ4n) is 5.90. The number of fused-ring (bicyclic) bond motifs is 2. The van der Waals surface area contributed by atoms with Crippen molar-refractivity contribution in [3.63, 3.8) is 0 Å². The van der Waals surface area contributed by atoms with Gasteiger partial charge in [-0.25, -0.2) is 8.78 Å². The van der Waals surface area contributed by atoms with Crippen LogP contribution >= 0.6 is 23.2 Å². The monoisotopic (exact) mass is 600 g/mol. The van der Waals surface area contributed by atoms with E-state index in [2.05, 4.69) is 16.0 Å². The quantitative estimate of drug-likeness (QED) is 0.286. The first-order chi connectivity index (χ1) is 19.2. The molecule has 0 saturated carbocycles. The van der Waals surface area contributed by atoms with Gasteiger partial charge in [-0.2, -0.15) is 0 Å². The summed E-state index contributed by atoms with van der Waals surface area (Å²) in [6, 6.07) is 9.84. The van der Waals surface area contributed by atoms with Crippen LogP contribution in [-0.2, 0) is 15.0 Å². The van der Waals surface area contributed by atoms with Gasteiger partial charge in [-0.3, -0.25) is 14.4 Å². The molecule has 2 heterocycles. The average molecular weight is 601 g/mol. The summed E-state index contributed by atoms with van der Waals surface area (Å²) in [5.41, 5.74) is 4.98. The smallest absolute Gasteiger partial charge is 0.248 e. The highest BCUT2D eigenvalue weighted by Crippen LogP contribution is 2.54. The van der Waals surface area contributed by atoms with Crippen LogP contribution in [0.5, 0.6) is 0 Å². The van der Waals surface area contributed by atoms with Crippen molar-refractivity contribution in [3.05, 3.63) is 81.3 Å². The summed E-state index contributed by atoms with van der Waals surface area (Å²) >= 11 is 12.5. The zero-order chi connectivity index (χ0) is 29.9. The van der Waals surface area contributed by atoms with Crippen LogP contribution in [0.1, 0.15) is 49.5 Å². The van der Waals surface area contributed by atoms with Gasteiger partial charge in [0.15, 0.2) is 0 Å². The number of carbonyl (C=O) groups is 3. The number of anilines is 2. The molecule has 3 aromatic rings. The third-order valence-electron chi connectivity index (χ3n) is 7.61. The number of amides is 3. The predicted octanol–water partition coefficient (Wildman–Crippen LogP) is 6.03. The lowest BCUT2D eigenvalue weighted by molar-refractivity contribution is -0.121. The van der Waals surface area contributed by atoms with Crippen LogP contribution in [0.15, 0.2) is 48.5 Å². The van der Waals surface area contributed by atoms with Crippen LogP contribution < -0.4 is 21.7 Å². The van der Waals surface area contributed by atoms with Gasteiger partial charge < -0.3 is 21.7 Å². The van der Waals surface area contributed by atoms with E-state index in [4.69, 9.17) is 28.9 Å². The lowest BCUT2D eigenvalue weighted by Crippen LogP contribution is -2.48. The minimum Gasteiger partial charge on any atom is -0.366 e. The molecule has 3 atom stereocenters. The summed E-state index contributed by atoms with van der Waals surface area (Å²) in [7, 11) is 0. The normalized spacial score (nSPS) is 21.6. The van der Waals surface area contributed by atoms with Gasteiger partial charge in [0.25, 0.3) is 0 Å². The van der Waals surface area contributed by atoms with Crippen LogP contribution in [0, 0.1) is 17.0 Å². The molecular weight excluding hydrogens is 573 g/mol. The van der Waals surface area contributed by atoms with E-state index in [1.54, 1.807) is 24.3 Å². The van der Waals surface area contributed by atoms with E-state index in [9.17, 15) is 18.8 Å². The van der Waals surface area contributed by atoms with Crippen LogP contribution in [0.25, 0.3) is 11.1 Å². The minimum atomic E-state index is -1.28. The maximum Gasteiger partial charge on any atom is 0.248 e. The number of halogens is 4. The van der Waals surface area contributed by atoms with Gasteiger partial charge >= 0.3 is 0 Å². The van der Waals surface area contributed by atoms with E-state index >= 15 is 4.39 Å². The number of nitrogens with two attached hydrogens (primary N) is 1. The molecule has 3 amide bonds. The number of rotatable bonds is 5. The fourth-order valence-corrected chi connectivity index (χ4v) is 6.29. The second-order valence-corrected chi connectivity index (χ2v) is 12.5. The molecule has 0 unspecified atom stereocenters. The van der Waals surface area contributed by atoms with Crippen molar-refractivity contribution in [2.75, 3.05) is 10.6 Å². The highest BCUT2D eigenvalue weighted by molar-refractivity contribution is 6.32. The standard InChI is InChI=1S/C30H28Cl2F2N4O3/c1-29(2,3)13-23-30(12-22(36-23)27(40)37-20-8-7-14(26(35)39)9-19(20)33)24-17(16-5-4-6-18(32)25(16)34)10-15(31)11-21(24)38-28(30)41/h4-11,22-23,36H,12-13H2,1-3H3,(H2,35,39)(H,37,40)(H,38,41)/t22-,23+,30+/m1/s1. The number of nitrogens with one attached hydrogen (secondary N) is 3. The summed E-state index contributed by atoms with van der Waals surface area (Å²) < 4.78 is 30.1. The Labute approximate surface area is 245 Å². The molecule has 7 nitrogen and oxygen atoms in total. The van der Waals surface area contributed by atoms with E-state index in [1.165, 1.54) is 18.2 Å². The average Bonchev–Trinajstić information content (AvgIpc) is 3.38. The Morgan fingerprint density at radius 3 is 2.49 bits per heavy atom. The summed E-state index contributed by atoms with van der Waals surface area (Å²) in [5.74, 6) is -3.21. The predicted molar refractivity (Wildman–Crippen MR) is 155 cm³/mol. The number of benzene rings is 3. The summed E-state index contributed by atoms with van der Waals surface area (Å²) in [4.78, 5) is 38.8. The fraction of sp³-hybridized carbons (Fsp3) is 0.300. The van der Waals surface area contributed by atoms with Gasteiger partial charge in [0.1, 0.15) is 11.6 Å². The molecule has 2 aliphatic heterocycles. The largest absolute Gasteiger partial charge is 0.366 e. The molecule has 0 radical (unpaired) electrons. The van der Waals surface area contributed by atoms with E-state index in [0.29, 0.717) is 23.2 Å². The Morgan fingerprint density at radius 2 is 1.83 bits per heavy atom. The summed E-state index contributed by atoms with van der Waals surface area (Å²) in [5, 5.41) is 9.00. The van der Waals surface area contributed by atoms with Gasteiger partial charge in [-0.1, -0.05) is 56.1 Å². The summed E-state index contributed by atoms with van der Waals surface area (Å²) in [6.45, 7) is 6.04. The SMILES string of the molecule is CC(C)(C)C[C@@H]1N[C@@H](C(=O)Nc2ccc(C(N)=O)cc2F)C[C@]12C(=O)Nc1cc(Cl)cc(-c3cccc(Cl)c3F)c12. The minimum absolute atomic E-state index is 0.0101. The zero-order valence-corrected chi connectivity index (χ0v) is 24.0. The van der Waals surface area contributed by atoms with Crippen molar-refractivity contribution in [2.24, 2.45) is 11.1 Å². The molecule has 0 aromatic heterocycles. The van der Waals surface area contributed by atoms with Crippen molar-refractivity contribution in [1.29, 1.82) is 0 Å². The molecular formula is C30H28Cl2F2N4O3. The van der Waals surface area contributed by atoms with Gasteiger partial charge in [0.2, 0.25) is 17.7 Å². The van der Waals surface area contributed by atoms with Crippen molar-refractivity contribution in [3.8, 4) is 11.1 Å². The number of hydrogen-bond acceptors (Lipinski definition) is 4. The highest BCUT2D eigenvalue weighted by Gasteiger charge is 2.60. The van der Waals surface area contributed by atoms with E-state index in [0.717, 1.165) is 6.07 Å². The number of primary amides is 1. The van der Waals surface area contributed by atoms with E-state index in [1.807, 2.05) is 20.8 Å². The molecule has 1 saturated heterocycles. The van der Waals surface area contributed by atoms with E-state index in [-0.39, 0.29) is 44.6 Å². The molecule has 1 spiro atoms. The third-order valence-corrected chi connectivity index (χ3v) is 8.12. The molecule has 214 valence electrons. The molecule has 11 heteroatoms. The van der Waals surface area contributed by atoms with Crippen molar-refractivity contribution < 1.29 is 23.2 Å². The number of hydrogen-bond donors (Lipinski definition) is 4. The van der Waals surface area contributed by atoms with Crippen LogP contribution in [0.4, 0.5) is 20.2 Å².